The first-order chi connectivity index (χ1) is 8.85. The second kappa shape index (κ2) is 6.76. The first kappa shape index (κ1) is 13.4. The molecule has 98 valence electrons. The summed E-state index contributed by atoms with van der Waals surface area (Å²) in [6.07, 6.45) is 4.13. The van der Waals surface area contributed by atoms with Crippen molar-refractivity contribution < 1.29 is 4.42 Å². The Labute approximate surface area is 113 Å². The Morgan fingerprint density at radius 1 is 1.22 bits per heavy atom. The summed E-state index contributed by atoms with van der Waals surface area (Å²) in [5.74, 6) is 1.68. The van der Waals surface area contributed by atoms with Gasteiger partial charge in [-0.05, 0) is 29.5 Å². The maximum atomic E-state index is 5.39. The van der Waals surface area contributed by atoms with Crippen molar-refractivity contribution in [3.63, 3.8) is 0 Å². The third kappa shape index (κ3) is 3.24. The van der Waals surface area contributed by atoms with Gasteiger partial charge in [0.15, 0.2) is 0 Å². The van der Waals surface area contributed by atoms with Gasteiger partial charge < -0.3 is 9.73 Å². The summed E-state index contributed by atoms with van der Waals surface area (Å²) >= 11 is 1.83. The summed E-state index contributed by atoms with van der Waals surface area (Å²) in [6.45, 7) is 5.33. The molecule has 0 saturated heterocycles. The number of nitrogens with one attached hydrogen (secondary N) is 1. The fourth-order valence-corrected chi connectivity index (χ4v) is 3.25. The van der Waals surface area contributed by atoms with Crippen LogP contribution in [0.15, 0.2) is 40.3 Å². The van der Waals surface area contributed by atoms with Crippen molar-refractivity contribution in [1.29, 1.82) is 0 Å². The van der Waals surface area contributed by atoms with Gasteiger partial charge in [-0.25, -0.2) is 0 Å². The summed E-state index contributed by atoms with van der Waals surface area (Å²) in [7, 11) is 0. The summed E-state index contributed by atoms with van der Waals surface area (Å²) in [5, 5.41) is 5.80. The van der Waals surface area contributed by atoms with Crippen LogP contribution in [0, 0.1) is 5.92 Å². The SMILES string of the molecule is CCC(CC)C(NCc1ccco1)c1cccs1. The highest BCUT2D eigenvalue weighted by atomic mass is 32.1. The maximum absolute atomic E-state index is 5.39. The van der Waals surface area contributed by atoms with Crippen LogP contribution in [0.4, 0.5) is 0 Å². The molecule has 0 fully saturated rings. The average molecular weight is 263 g/mol. The zero-order chi connectivity index (χ0) is 12.8. The fraction of sp³-hybridized carbons (Fsp3) is 0.467. The van der Waals surface area contributed by atoms with Crippen molar-refractivity contribution in [2.75, 3.05) is 0 Å². The van der Waals surface area contributed by atoms with Gasteiger partial charge in [0.05, 0.1) is 12.8 Å². The second-order valence-electron chi connectivity index (χ2n) is 4.53. The minimum absolute atomic E-state index is 0.435. The van der Waals surface area contributed by atoms with Crippen LogP contribution in [0.3, 0.4) is 0 Å². The third-order valence-electron chi connectivity index (χ3n) is 3.45. The minimum atomic E-state index is 0.435. The van der Waals surface area contributed by atoms with Gasteiger partial charge in [0, 0.05) is 10.9 Å². The predicted molar refractivity (Wildman–Crippen MR) is 76.7 cm³/mol. The van der Waals surface area contributed by atoms with Crippen molar-refractivity contribution in [2.24, 2.45) is 5.92 Å². The van der Waals surface area contributed by atoms with Crippen molar-refractivity contribution in [2.45, 2.75) is 39.3 Å². The first-order valence-electron chi connectivity index (χ1n) is 6.64. The van der Waals surface area contributed by atoms with Crippen LogP contribution in [0.1, 0.15) is 43.4 Å². The van der Waals surface area contributed by atoms with Gasteiger partial charge >= 0.3 is 0 Å². The number of rotatable bonds is 7. The Balaban J connectivity index is 2.05. The van der Waals surface area contributed by atoms with Gasteiger partial charge in [0.2, 0.25) is 0 Å². The molecule has 0 saturated carbocycles. The normalized spacial score (nSPS) is 13.1. The minimum Gasteiger partial charge on any atom is -0.468 e. The molecule has 0 aliphatic rings. The van der Waals surface area contributed by atoms with Crippen LogP contribution in [0.5, 0.6) is 0 Å². The van der Waals surface area contributed by atoms with Crippen molar-refractivity contribution in [1.82, 2.24) is 5.32 Å². The number of hydrogen-bond donors (Lipinski definition) is 1. The zero-order valence-corrected chi connectivity index (χ0v) is 11.9. The van der Waals surface area contributed by atoms with Gasteiger partial charge in [0.1, 0.15) is 5.76 Å². The molecule has 2 aromatic heterocycles. The van der Waals surface area contributed by atoms with E-state index in [1.54, 1.807) is 6.26 Å². The predicted octanol–water partition coefficient (Wildman–Crippen LogP) is 4.61. The maximum Gasteiger partial charge on any atom is 0.117 e. The van der Waals surface area contributed by atoms with Crippen LogP contribution < -0.4 is 5.32 Å². The molecule has 0 spiro atoms. The standard InChI is InChI=1S/C15H21NOS/c1-3-12(4-2)15(14-8-6-10-18-14)16-11-13-7-5-9-17-13/h5-10,12,15-16H,3-4,11H2,1-2H3. The Hall–Kier alpha value is -1.06. The van der Waals surface area contributed by atoms with Crippen LogP contribution in [-0.2, 0) is 6.54 Å². The Morgan fingerprint density at radius 2 is 2.06 bits per heavy atom. The molecule has 0 aliphatic carbocycles. The number of hydrogen-bond acceptors (Lipinski definition) is 3. The summed E-state index contributed by atoms with van der Waals surface area (Å²) in [4.78, 5) is 1.43. The molecule has 1 unspecified atom stereocenters. The van der Waals surface area contributed by atoms with Gasteiger partial charge in [-0.2, -0.15) is 0 Å². The third-order valence-corrected chi connectivity index (χ3v) is 4.40. The lowest BCUT2D eigenvalue weighted by Gasteiger charge is -2.25. The summed E-state index contributed by atoms with van der Waals surface area (Å²) in [5.41, 5.74) is 0. The Bertz CT molecular complexity index is 417. The molecule has 18 heavy (non-hydrogen) atoms. The number of furan rings is 1. The molecule has 2 heterocycles. The van der Waals surface area contributed by atoms with Gasteiger partial charge in [0.25, 0.3) is 0 Å². The van der Waals surface area contributed by atoms with E-state index in [0.29, 0.717) is 12.0 Å². The molecule has 0 radical (unpaired) electrons. The van der Waals surface area contributed by atoms with E-state index in [-0.39, 0.29) is 0 Å². The van der Waals surface area contributed by atoms with Crippen LogP contribution in [0.2, 0.25) is 0 Å². The lowest BCUT2D eigenvalue weighted by molar-refractivity contribution is 0.331. The highest BCUT2D eigenvalue weighted by Gasteiger charge is 2.20. The average Bonchev–Trinajstić information content (AvgIpc) is 3.07. The molecule has 1 atom stereocenters. The van der Waals surface area contributed by atoms with E-state index in [1.807, 2.05) is 23.5 Å². The van der Waals surface area contributed by atoms with E-state index in [2.05, 4.69) is 36.7 Å². The molecule has 0 aromatic carbocycles. The van der Waals surface area contributed by atoms with E-state index in [4.69, 9.17) is 4.42 Å². The smallest absolute Gasteiger partial charge is 0.117 e. The fourth-order valence-electron chi connectivity index (χ4n) is 2.35. The zero-order valence-electron chi connectivity index (χ0n) is 11.1. The topological polar surface area (TPSA) is 25.2 Å². The largest absolute Gasteiger partial charge is 0.468 e. The highest BCUT2D eigenvalue weighted by Crippen LogP contribution is 2.30. The van der Waals surface area contributed by atoms with Crippen molar-refractivity contribution in [3.05, 3.63) is 46.5 Å². The molecule has 0 bridgehead atoms. The van der Waals surface area contributed by atoms with Gasteiger partial charge in [-0.1, -0.05) is 32.8 Å². The monoisotopic (exact) mass is 263 g/mol. The van der Waals surface area contributed by atoms with Crippen LogP contribution in [0.25, 0.3) is 0 Å². The quantitative estimate of drug-likeness (QED) is 0.789. The summed E-state index contributed by atoms with van der Waals surface area (Å²) < 4.78 is 5.39. The molecule has 0 amide bonds. The number of thiophene rings is 1. The molecule has 2 aromatic rings. The highest BCUT2D eigenvalue weighted by molar-refractivity contribution is 7.10. The van der Waals surface area contributed by atoms with E-state index in [0.717, 1.165) is 12.3 Å². The molecule has 2 rings (SSSR count). The second-order valence-corrected chi connectivity index (χ2v) is 5.51. The molecular weight excluding hydrogens is 242 g/mol. The Morgan fingerprint density at radius 3 is 2.61 bits per heavy atom. The molecule has 3 heteroatoms. The molecule has 1 N–H and O–H groups in total. The first-order valence-corrected chi connectivity index (χ1v) is 7.52. The Kier molecular flexibility index (Phi) is 5.02. The lowest BCUT2D eigenvalue weighted by Crippen LogP contribution is -2.26. The van der Waals surface area contributed by atoms with E-state index >= 15 is 0 Å². The van der Waals surface area contributed by atoms with E-state index in [1.165, 1.54) is 17.7 Å². The molecule has 0 aliphatic heterocycles. The van der Waals surface area contributed by atoms with Gasteiger partial charge in [-0.15, -0.1) is 11.3 Å². The van der Waals surface area contributed by atoms with Crippen LogP contribution >= 0.6 is 11.3 Å². The van der Waals surface area contributed by atoms with E-state index < -0.39 is 0 Å². The summed E-state index contributed by atoms with van der Waals surface area (Å²) in [6, 6.07) is 8.75. The van der Waals surface area contributed by atoms with E-state index in [9.17, 15) is 0 Å². The lowest BCUT2D eigenvalue weighted by atomic mass is 9.93. The molecular formula is C15H21NOS. The van der Waals surface area contributed by atoms with Gasteiger partial charge in [-0.3, -0.25) is 0 Å². The van der Waals surface area contributed by atoms with Crippen molar-refractivity contribution >= 4 is 11.3 Å². The van der Waals surface area contributed by atoms with Crippen LogP contribution in [-0.4, -0.2) is 0 Å². The van der Waals surface area contributed by atoms with Crippen molar-refractivity contribution in [3.8, 4) is 0 Å². The molecule has 2 nitrogen and oxygen atoms in total.